The van der Waals surface area contributed by atoms with Crippen molar-refractivity contribution in [3.8, 4) is 11.3 Å². The number of sulfone groups is 1. The SMILES string of the molecule is CN(CCCc1cc(-c2ccccc2)no1)CCS(=O)(=O)c1ccc(Cl)cc1. The Kier molecular flexibility index (Phi) is 6.88. The van der Waals surface area contributed by atoms with Crippen LogP contribution in [-0.2, 0) is 16.3 Å². The standard InChI is InChI=1S/C21H23ClN2O3S/c1-24(14-15-28(25,26)20-11-9-18(22)10-12-20)13-5-8-19-16-21(23-27-19)17-6-3-2-4-7-17/h2-4,6-7,9-12,16H,5,8,13-15H2,1H3. The van der Waals surface area contributed by atoms with E-state index >= 15 is 0 Å². The highest BCUT2D eigenvalue weighted by atomic mass is 35.5. The zero-order chi connectivity index (χ0) is 20.0. The average molecular weight is 419 g/mol. The first kappa shape index (κ1) is 20.6. The molecule has 7 heteroatoms. The second-order valence-electron chi connectivity index (χ2n) is 6.72. The lowest BCUT2D eigenvalue weighted by atomic mass is 10.1. The van der Waals surface area contributed by atoms with Crippen LogP contribution in [0.25, 0.3) is 11.3 Å². The van der Waals surface area contributed by atoms with Gasteiger partial charge in [-0.2, -0.15) is 0 Å². The summed E-state index contributed by atoms with van der Waals surface area (Å²) in [7, 11) is -1.38. The summed E-state index contributed by atoms with van der Waals surface area (Å²) in [5.41, 5.74) is 1.86. The third-order valence-corrected chi connectivity index (χ3v) is 6.47. The van der Waals surface area contributed by atoms with Crippen LogP contribution in [0.3, 0.4) is 0 Å². The van der Waals surface area contributed by atoms with Crippen molar-refractivity contribution in [3.05, 3.63) is 71.4 Å². The van der Waals surface area contributed by atoms with Gasteiger partial charge in [0.05, 0.1) is 10.6 Å². The maximum Gasteiger partial charge on any atom is 0.179 e. The Bertz CT molecular complexity index is 986. The fourth-order valence-electron chi connectivity index (χ4n) is 2.85. The number of rotatable bonds is 9. The molecule has 0 aliphatic carbocycles. The lowest BCUT2D eigenvalue weighted by molar-refractivity contribution is 0.332. The van der Waals surface area contributed by atoms with Gasteiger partial charge in [0, 0.05) is 29.6 Å². The van der Waals surface area contributed by atoms with E-state index in [2.05, 4.69) is 5.16 Å². The number of hydrogen-bond acceptors (Lipinski definition) is 5. The Morgan fingerprint density at radius 1 is 1.04 bits per heavy atom. The topological polar surface area (TPSA) is 63.4 Å². The van der Waals surface area contributed by atoms with Gasteiger partial charge < -0.3 is 9.42 Å². The molecule has 0 fully saturated rings. The molecular formula is C21H23ClN2O3S. The predicted molar refractivity (Wildman–Crippen MR) is 111 cm³/mol. The van der Waals surface area contributed by atoms with Gasteiger partial charge in [-0.15, -0.1) is 0 Å². The van der Waals surface area contributed by atoms with E-state index in [1.54, 1.807) is 24.3 Å². The molecule has 28 heavy (non-hydrogen) atoms. The van der Waals surface area contributed by atoms with Crippen molar-refractivity contribution < 1.29 is 12.9 Å². The van der Waals surface area contributed by atoms with Crippen LogP contribution >= 0.6 is 11.6 Å². The third-order valence-electron chi connectivity index (χ3n) is 4.51. The van der Waals surface area contributed by atoms with Crippen LogP contribution in [0.5, 0.6) is 0 Å². The van der Waals surface area contributed by atoms with Gasteiger partial charge in [0.2, 0.25) is 0 Å². The quantitative estimate of drug-likeness (QED) is 0.517. The Morgan fingerprint density at radius 3 is 2.46 bits per heavy atom. The molecule has 0 amide bonds. The number of aromatic nitrogens is 1. The number of halogens is 1. The Morgan fingerprint density at radius 2 is 1.75 bits per heavy atom. The molecule has 0 atom stereocenters. The summed E-state index contributed by atoms with van der Waals surface area (Å²) >= 11 is 5.82. The zero-order valence-corrected chi connectivity index (χ0v) is 17.3. The Balaban J connectivity index is 1.44. The molecule has 0 N–H and O–H groups in total. The maximum absolute atomic E-state index is 12.4. The molecule has 1 aromatic heterocycles. The van der Waals surface area contributed by atoms with Gasteiger partial charge in [-0.1, -0.05) is 47.1 Å². The first-order valence-corrected chi connectivity index (χ1v) is 11.1. The van der Waals surface area contributed by atoms with Gasteiger partial charge in [0.1, 0.15) is 11.5 Å². The molecule has 0 aliphatic heterocycles. The van der Waals surface area contributed by atoms with Crippen molar-refractivity contribution in [2.75, 3.05) is 25.9 Å². The smallest absolute Gasteiger partial charge is 0.179 e. The van der Waals surface area contributed by atoms with Crippen molar-refractivity contribution in [3.63, 3.8) is 0 Å². The number of nitrogens with zero attached hydrogens (tertiary/aromatic N) is 2. The summed E-state index contributed by atoms with van der Waals surface area (Å²) in [5.74, 6) is 0.909. The van der Waals surface area contributed by atoms with Gasteiger partial charge in [-0.3, -0.25) is 0 Å². The normalized spacial score (nSPS) is 11.8. The van der Waals surface area contributed by atoms with Crippen molar-refractivity contribution in [1.82, 2.24) is 10.1 Å². The second-order valence-corrected chi connectivity index (χ2v) is 9.27. The van der Waals surface area contributed by atoms with Crippen LogP contribution in [0.2, 0.25) is 5.02 Å². The summed E-state index contributed by atoms with van der Waals surface area (Å²) in [5, 5.41) is 4.64. The fourth-order valence-corrected chi connectivity index (χ4v) is 4.31. The molecule has 0 bridgehead atoms. The van der Waals surface area contributed by atoms with Crippen molar-refractivity contribution in [2.24, 2.45) is 0 Å². The van der Waals surface area contributed by atoms with E-state index in [4.69, 9.17) is 16.1 Å². The first-order chi connectivity index (χ1) is 13.4. The van der Waals surface area contributed by atoms with Crippen LogP contribution in [0.4, 0.5) is 0 Å². The second kappa shape index (κ2) is 9.37. The zero-order valence-electron chi connectivity index (χ0n) is 15.7. The van der Waals surface area contributed by atoms with Gasteiger partial charge in [-0.05, 0) is 44.3 Å². The van der Waals surface area contributed by atoms with Crippen LogP contribution in [-0.4, -0.2) is 44.4 Å². The minimum absolute atomic E-state index is 0.0750. The van der Waals surface area contributed by atoms with Crippen molar-refractivity contribution in [1.29, 1.82) is 0 Å². The van der Waals surface area contributed by atoms with Gasteiger partial charge in [0.15, 0.2) is 9.84 Å². The largest absolute Gasteiger partial charge is 0.361 e. The van der Waals surface area contributed by atoms with E-state index < -0.39 is 9.84 Å². The minimum atomic E-state index is -3.31. The summed E-state index contributed by atoms with van der Waals surface area (Å²) in [4.78, 5) is 2.32. The third kappa shape index (κ3) is 5.67. The van der Waals surface area contributed by atoms with E-state index in [-0.39, 0.29) is 5.75 Å². The minimum Gasteiger partial charge on any atom is -0.361 e. The van der Waals surface area contributed by atoms with Crippen molar-refractivity contribution in [2.45, 2.75) is 17.7 Å². The molecule has 1 heterocycles. The molecule has 3 rings (SSSR count). The molecule has 0 aliphatic rings. The van der Waals surface area contributed by atoms with Crippen LogP contribution in [0.15, 0.2) is 70.1 Å². The fraction of sp³-hybridized carbons (Fsp3) is 0.286. The number of hydrogen-bond donors (Lipinski definition) is 0. The highest BCUT2D eigenvalue weighted by molar-refractivity contribution is 7.91. The Hall–Kier alpha value is -2.15. The van der Waals surface area contributed by atoms with E-state index in [9.17, 15) is 8.42 Å². The molecule has 148 valence electrons. The molecule has 3 aromatic rings. The molecule has 0 spiro atoms. The summed E-state index contributed by atoms with van der Waals surface area (Å²) in [6.45, 7) is 1.24. The van der Waals surface area contributed by atoms with Crippen molar-refractivity contribution >= 4 is 21.4 Å². The first-order valence-electron chi connectivity index (χ1n) is 9.12. The molecule has 0 unspecified atom stereocenters. The highest BCUT2D eigenvalue weighted by Gasteiger charge is 2.15. The molecule has 0 saturated heterocycles. The van der Waals surface area contributed by atoms with E-state index in [0.717, 1.165) is 36.4 Å². The average Bonchev–Trinajstić information content (AvgIpc) is 3.16. The molecule has 0 radical (unpaired) electrons. The van der Waals surface area contributed by atoms with Gasteiger partial charge in [-0.25, -0.2) is 8.42 Å². The molecular weight excluding hydrogens is 396 g/mol. The lowest BCUT2D eigenvalue weighted by Gasteiger charge is -2.16. The van der Waals surface area contributed by atoms with Crippen LogP contribution in [0, 0.1) is 0 Å². The predicted octanol–water partition coefficient (Wildman–Crippen LogP) is 4.33. The van der Waals surface area contributed by atoms with Crippen LogP contribution < -0.4 is 0 Å². The summed E-state index contributed by atoms with van der Waals surface area (Å²) in [6, 6.07) is 18.1. The molecule has 5 nitrogen and oxygen atoms in total. The highest BCUT2D eigenvalue weighted by Crippen LogP contribution is 2.19. The monoisotopic (exact) mass is 418 g/mol. The van der Waals surface area contributed by atoms with E-state index in [0.29, 0.717) is 16.5 Å². The summed E-state index contributed by atoms with van der Waals surface area (Å²) in [6.07, 6.45) is 1.62. The lowest BCUT2D eigenvalue weighted by Crippen LogP contribution is -2.27. The van der Waals surface area contributed by atoms with Gasteiger partial charge >= 0.3 is 0 Å². The van der Waals surface area contributed by atoms with E-state index in [1.165, 1.54) is 0 Å². The molecule has 2 aromatic carbocycles. The summed E-state index contributed by atoms with van der Waals surface area (Å²) < 4.78 is 30.2. The van der Waals surface area contributed by atoms with E-state index in [1.807, 2.05) is 48.3 Å². The molecule has 0 saturated carbocycles. The number of benzene rings is 2. The maximum atomic E-state index is 12.4. The number of aryl methyl sites for hydroxylation is 1. The van der Waals surface area contributed by atoms with Gasteiger partial charge in [0.25, 0.3) is 0 Å². The Labute approximate surface area is 170 Å². The van der Waals surface area contributed by atoms with Crippen LogP contribution in [0.1, 0.15) is 12.2 Å².